The molecule has 0 spiro atoms. The van der Waals surface area contributed by atoms with E-state index in [0.29, 0.717) is 23.1 Å². The maximum absolute atomic E-state index is 7.71. The van der Waals surface area contributed by atoms with E-state index in [0.717, 1.165) is 11.3 Å². The SMILES string of the molecule is CC(C)c1[c-]c(-c2nccc3c2ccc2c4ccccc4ccc32)cc(C(C)C)c1.[2H]c1[c-]c(-c2ccccn2)c([2H])c([2H])c1[2H].[Ir]. The van der Waals surface area contributed by atoms with E-state index in [1.807, 2.05) is 6.20 Å². The second-order valence-electron chi connectivity index (χ2n) is 11.0. The second-order valence-corrected chi connectivity index (χ2v) is 11.0. The molecule has 43 heavy (non-hydrogen) atoms. The molecule has 0 atom stereocenters. The van der Waals surface area contributed by atoms with Gasteiger partial charge < -0.3 is 9.97 Å². The molecule has 0 unspecified atom stereocenters. The van der Waals surface area contributed by atoms with Crippen LogP contribution in [0.1, 0.15) is 56.1 Å². The quantitative estimate of drug-likeness (QED) is 0.133. The number of hydrogen-bond donors (Lipinski definition) is 0. The molecule has 2 nitrogen and oxygen atoms in total. The number of benzene rings is 5. The molecule has 0 N–H and O–H groups in total. The standard InChI is InChI=1S/C29H26N.C11H8N.Ir/c1-18(2)21-15-22(19(3)4)17-23(16-21)29-28-12-11-25-24-8-6-5-7-20(24)9-10-26(25)27(28)13-14-30-29;1-2-6-10(7-3-1)11-8-4-5-9-12-11;/h5-16,18-19H,1-4H3;1-6,8-9H;/q2*-1;/i;1D,2D,3D,6D;. The van der Waals surface area contributed by atoms with E-state index in [9.17, 15) is 0 Å². The van der Waals surface area contributed by atoms with E-state index >= 15 is 0 Å². The van der Waals surface area contributed by atoms with Gasteiger partial charge in [0.2, 0.25) is 0 Å². The van der Waals surface area contributed by atoms with Gasteiger partial charge in [-0.15, -0.1) is 70.7 Å². The van der Waals surface area contributed by atoms with Crippen LogP contribution in [0.4, 0.5) is 0 Å². The molecule has 0 aliphatic heterocycles. The Morgan fingerprint density at radius 3 is 2.19 bits per heavy atom. The molecule has 0 fully saturated rings. The fraction of sp³-hybridized carbons (Fsp3) is 0.150. The molecule has 1 radical (unpaired) electrons. The summed E-state index contributed by atoms with van der Waals surface area (Å²) >= 11 is 0. The van der Waals surface area contributed by atoms with E-state index in [1.165, 1.54) is 43.4 Å². The molecule has 215 valence electrons. The van der Waals surface area contributed by atoms with Crippen molar-refractivity contribution in [2.75, 3.05) is 0 Å². The van der Waals surface area contributed by atoms with E-state index < -0.39 is 0 Å². The summed E-state index contributed by atoms with van der Waals surface area (Å²) in [6.45, 7) is 8.96. The van der Waals surface area contributed by atoms with Crippen molar-refractivity contribution in [2.24, 2.45) is 0 Å². The summed E-state index contributed by atoms with van der Waals surface area (Å²) in [4.78, 5) is 8.86. The number of fused-ring (bicyclic) bond motifs is 5. The first-order chi connectivity index (χ1) is 22.1. The van der Waals surface area contributed by atoms with Gasteiger partial charge in [-0.05, 0) is 70.4 Å². The normalized spacial score (nSPS) is 12.3. The topological polar surface area (TPSA) is 25.8 Å². The summed E-state index contributed by atoms with van der Waals surface area (Å²) < 4.78 is 30.1. The van der Waals surface area contributed by atoms with Crippen LogP contribution >= 0.6 is 0 Å². The van der Waals surface area contributed by atoms with Gasteiger partial charge in [-0.3, -0.25) is 0 Å². The van der Waals surface area contributed by atoms with Crippen LogP contribution in [0.15, 0.2) is 121 Å². The number of pyridine rings is 2. The molecule has 0 bridgehead atoms. The number of hydrogen-bond acceptors (Lipinski definition) is 2. The van der Waals surface area contributed by atoms with Crippen molar-refractivity contribution in [1.82, 2.24) is 9.97 Å². The van der Waals surface area contributed by atoms with Gasteiger partial charge in [0.15, 0.2) is 0 Å². The van der Waals surface area contributed by atoms with Gasteiger partial charge >= 0.3 is 0 Å². The molecule has 5 aromatic carbocycles. The van der Waals surface area contributed by atoms with E-state index in [2.05, 4.69) is 112 Å². The largest absolute Gasteiger partial charge is 0.305 e. The minimum absolute atomic E-state index is 0. The fourth-order valence-electron chi connectivity index (χ4n) is 5.24. The van der Waals surface area contributed by atoms with Crippen molar-refractivity contribution in [3.63, 3.8) is 0 Å². The number of aromatic nitrogens is 2. The van der Waals surface area contributed by atoms with Gasteiger partial charge in [0.1, 0.15) is 0 Å². The van der Waals surface area contributed by atoms with Gasteiger partial charge in [0.25, 0.3) is 0 Å². The molecule has 0 aliphatic rings. The zero-order valence-electron chi connectivity index (χ0n) is 28.6. The third kappa shape index (κ3) is 6.44. The average Bonchev–Trinajstić information content (AvgIpc) is 3.08. The number of nitrogens with zero attached hydrogens (tertiary/aromatic N) is 2. The van der Waals surface area contributed by atoms with Crippen LogP contribution in [0.25, 0.3) is 54.8 Å². The molecule has 3 heteroatoms. The van der Waals surface area contributed by atoms with Crippen LogP contribution in [0.5, 0.6) is 0 Å². The summed E-state index contributed by atoms with van der Waals surface area (Å²) in [5, 5.41) is 7.58. The van der Waals surface area contributed by atoms with E-state index in [1.54, 1.807) is 24.4 Å². The average molecular weight is 739 g/mol. The van der Waals surface area contributed by atoms with Gasteiger partial charge in [-0.2, -0.15) is 0 Å². The molecule has 0 saturated carbocycles. The van der Waals surface area contributed by atoms with Crippen molar-refractivity contribution >= 4 is 32.3 Å². The maximum Gasteiger partial charge on any atom is 0.0406 e. The van der Waals surface area contributed by atoms with Gasteiger partial charge in [0.05, 0.1) is 0 Å². The van der Waals surface area contributed by atoms with Crippen LogP contribution in [-0.2, 0) is 20.1 Å². The van der Waals surface area contributed by atoms with Crippen molar-refractivity contribution in [1.29, 1.82) is 0 Å². The van der Waals surface area contributed by atoms with Crippen LogP contribution < -0.4 is 0 Å². The minimum Gasteiger partial charge on any atom is -0.305 e. The Morgan fingerprint density at radius 1 is 0.651 bits per heavy atom. The summed E-state index contributed by atoms with van der Waals surface area (Å²) in [6.07, 6.45) is 3.52. The first kappa shape index (κ1) is 25.3. The zero-order valence-corrected chi connectivity index (χ0v) is 27.0. The molecule has 2 heterocycles. The summed E-state index contributed by atoms with van der Waals surface area (Å²) in [5.41, 5.74) is 5.50. The van der Waals surface area contributed by atoms with E-state index in [4.69, 9.17) is 10.5 Å². The molecular formula is C40H34IrN2-2. The Labute approximate surface area is 273 Å². The van der Waals surface area contributed by atoms with Crippen LogP contribution in [-0.4, -0.2) is 9.97 Å². The van der Waals surface area contributed by atoms with Gasteiger partial charge in [-0.25, -0.2) is 0 Å². The maximum atomic E-state index is 7.71. The summed E-state index contributed by atoms with van der Waals surface area (Å²) in [5.74, 6) is 0.905. The zero-order chi connectivity index (χ0) is 32.5. The molecular weight excluding hydrogens is 701 g/mol. The monoisotopic (exact) mass is 739 g/mol. The second kappa shape index (κ2) is 13.4. The Bertz CT molecular complexity index is 2190. The first-order valence-electron chi connectivity index (χ1n) is 16.3. The van der Waals surface area contributed by atoms with Crippen molar-refractivity contribution < 1.29 is 25.6 Å². The Morgan fingerprint density at radius 2 is 1.40 bits per heavy atom. The smallest absolute Gasteiger partial charge is 0.0406 e. The van der Waals surface area contributed by atoms with Crippen LogP contribution in [0.2, 0.25) is 0 Å². The summed E-state index contributed by atoms with van der Waals surface area (Å²) in [6, 6.07) is 34.9. The Hall–Kier alpha value is -4.17. The third-order valence-corrected chi connectivity index (χ3v) is 7.54. The van der Waals surface area contributed by atoms with E-state index in [-0.39, 0.29) is 44.3 Å². The van der Waals surface area contributed by atoms with Crippen molar-refractivity contribution in [2.45, 2.75) is 39.5 Å². The molecule has 2 aromatic heterocycles. The Balaban J connectivity index is 0.000000217. The van der Waals surface area contributed by atoms with Crippen molar-refractivity contribution in [3.05, 3.63) is 145 Å². The number of rotatable bonds is 4. The minimum atomic E-state index is -0.273. The predicted molar refractivity (Wildman–Crippen MR) is 178 cm³/mol. The van der Waals surface area contributed by atoms with Crippen LogP contribution in [0, 0.1) is 12.1 Å². The molecule has 0 saturated heterocycles. The predicted octanol–water partition coefficient (Wildman–Crippen LogP) is 10.8. The van der Waals surface area contributed by atoms with Crippen molar-refractivity contribution in [3.8, 4) is 22.5 Å². The fourth-order valence-corrected chi connectivity index (χ4v) is 5.24. The molecule has 7 aromatic rings. The summed E-state index contributed by atoms with van der Waals surface area (Å²) in [7, 11) is 0. The Kier molecular flexibility index (Phi) is 7.91. The molecule has 0 aliphatic carbocycles. The van der Waals surface area contributed by atoms with Gasteiger partial charge in [-0.1, -0.05) is 88.4 Å². The molecule has 0 amide bonds. The van der Waals surface area contributed by atoms with Crippen LogP contribution in [0.3, 0.4) is 0 Å². The van der Waals surface area contributed by atoms with Gasteiger partial charge in [0, 0.05) is 35.2 Å². The first-order valence-corrected chi connectivity index (χ1v) is 14.3. The third-order valence-electron chi connectivity index (χ3n) is 7.54. The molecule has 7 rings (SSSR count).